The van der Waals surface area contributed by atoms with Crippen molar-refractivity contribution in [3.63, 3.8) is 0 Å². The van der Waals surface area contributed by atoms with Crippen LogP contribution in [0.2, 0.25) is 5.02 Å². The molecular formula is C15H14ClNO5. The number of aliphatic imine (C=N–C) groups is 1. The summed E-state index contributed by atoms with van der Waals surface area (Å²) in [6, 6.07) is 4.08. The second-order valence-corrected chi connectivity index (χ2v) is 4.66. The van der Waals surface area contributed by atoms with E-state index in [9.17, 15) is 14.4 Å². The second kappa shape index (κ2) is 8.12. The molecule has 6 nitrogen and oxygen atoms in total. The maximum absolute atomic E-state index is 12.1. The van der Waals surface area contributed by atoms with Gasteiger partial charge in [0.25, 0.3) is 0 Å². The maximum Gasteiger partial charge on any atom is 0.351 e. The molecule has 1 aromatic carbocycles. The average molecular weight is 324 g/mol. The van der Waals surface area contributed by atoms with Gasteiger partial charge in [0, 0.05) is 0 Å². The van der Waals surface area contributed by atoms with Crippen LogP contribution >= 0.6 is 11.6 Å². The molecule has 1 unspecified atom stereocenters. The summed E-state index contributed by atoms with van der Waals surface area (Å²) in [5.41, 5.74) is 0.466. The molecule has 0 aliphatic carbocycles. The zero-order chi connectivity index (χ0) is 16.7. The summed E-state index contributed by atoms with van der Waals surface area (Å²) in [5.74, 6) is -1.57. The van der Waals surface area contributed by atoms with Crippen LogP contribution in [0.15, 0.2) is 35.3 Å². The number of carbonyl (C=O) groups excluding carboxylic acids is 3. The molecule has 0 aliphatic rings. The first kappa shape index (κ1) is 17.6. The zero-order valence-electron chi connectivity index (χ0n) is 12.1. The van der Waals surface area contributed by atoms with E-state index in [4.69, 9.17) is 21.1 Å². The highest BCUT2D eigenvalue weighted by atomic mass is 35.5. The highest BCUT2D eigenvalue weighted by molar-refractivity contribution is 6.33. The number of nitrogens with zero attached hydrogens (tertiary/aromatic N) is 1. The summed E-state index contributed by atoms with van der Waals surface area (Å²) in [5, 5.41) is 0.0965. The Balaban J connectivity index is 3.04. The molecule has 0 amide bonds. The summed E-state index contributed by atoms with van der Waals surface area (Å²) >= 11 is 5.92. The number of halogens is 1. The minimum Gasteiger partial charge on any atom is -0.463 e. The molecule has 22 heavy (non-hydrogen) atoms. The number of carbonyl (C=O) groups is 2. The van der Waals surface area contributed by atoms with Crippen molar-refractivity contribution in [1.82, 2.24) is 0 Å². The smallest absolute Gasteiger partial charge is 0.351 e. The van der Waals surface area contributed by atoms with E-state index in [0.717, 1.165) is 0 Å². The Hall–Kier alpha value is -2.43. The van der Waals surface area contributed by atoms with E-state index in [1.807, 2.05) is 0 Å². The van der Waals surface area contributed by atoms with Crippen LogP contribution in [0.4, 0.5) is 5.69 Å². The lowest BCUT2D eigenvalue weighted by Gasteiger charge is -2.16. The number of hydrogen-bond donors (Lipinski definition) is 0. The van der Waals surface area contributed by atoms with Crippen molar-refractivity contribution in [2.75, 3.05) is 6.61 Å². The predicted octanol–water partition coefficient (Wildman–Crippen LogP) is 2.97. The van der Waals surface area contributed by atoms with Crippen molar-refractivity contribution in [3.8, 4) is 0 Å². The summed E-state index contributed by atoms with van der Waals surface area (Å²) in [6.45, 7) is 6.90. The lowest BCUT2D eigenvalue weighted by Crippen LogP contribution is -2.30. The van der Waals surface area contributed by atoms with Crippen LogP contribution in [-0.2, 0) is 19.1 Å². The molecule has 1 aromatic rings. The van der Waals surface area contributed by atoms with Gasteiger partial charge in [0.15, 0.2) is 0 Å². The Bertz CT molecular complexity index is 649. The first-order valence-electron chi connectivity index (χ1n) is 6.31. The van der Waals surface area contributed by atoms with Crippen LogP contribution in [0.5, 0.6) is 0 Å². The summed E-state index contributed by atoms with van der Waals surface area (Å²) < 4.78 is 9.90. The molecule has 0 saturated carbocycles. The summed E-state index contributed by atoms with van der Waals surface area (Å²) in [7, 11) is 0. The Kier molecular flexibility index (Phi) is 6.50. The van der Waals surface area contributed by atoms with E-state index < -0.39 is 18.0 Å². The minimum atomic E-state index is -1.23. The molecule has 0 heterocycles. The third-order valence-corrected chi connectivity index (χ3v) is 2.85. The van der Waals surface area contributed by atoms with Gasteiger partial charge in [0.1, 0.15) is 0 Å². The molecule has 0 aromatic heterocycles. The van der Waals surface area contributed by atoms with E-state index in [2.05, 4.69) is 11.6 Å². The normalized spacial score (nSPS) is 11.0. The van der Waals surface area contributed by atoms with Crippen LogP contribution in [-0.4, -0.2) is 30.7 Å². The van der Waals surface area contributed by atoms with Crippen molar-refractivity contribution in [1.29, 1.82) is 0 Å². The van der Waals surface area contributed by atoms with Crippen molar-refractivity contribution >= 4 is 35.3 Å². The van der Waals surface area contributed by atoms with Crippen LogP contribution in [0.1, 0.15) is 24.2 Å². The molecule has 0 radical (unpaired) electrons. The van der Waals surface area contributed by atoms with Crippen LogP contribution in [0.25, 0.3) is 0 Å². The van der Waals surface area contributed by atoms with Crippen molar-refractivity contribution in [3.05, 3.63) is 40.9 Å². The van der Waals surface area contributed by atoms with Crippen LogP contribution in [0.3, 0.4) is 0 Å². The highest BCUT2D eigenvalue weighted by Crippen LogP contribution is 2.24. The lowest BCUT2D eigenvalue weighted by atomic mass is 10.1. The van der Waals surface area contributed by atoms with Gasteiger partial charge in [-0.25, -0.2) is 14.4 Å². The Morgan fingerprint density at radius 3 is 2.68 bits per heavy atom. The Labute approximate surface area is 132 Å². The number of hydrogen-bond acceptors (Lipinski definition) is 6. The van der Waals surface area contributed by atoms with Gasteiger partial charge < -0.3 is 9.47 Å². The van der Waals surface area contributed by atoms with E-state index in [1.165, 1.54) is 31.2 Å². The molecule has 0 bridgehead atoms. The maximum atomic E-state index is 12.1. The Morgan fingerprint density at radius 2 is 2.14 bits per heavy atom. The fourth-order valence-corrected chi connectivity index (χ4v) is 1.72. The van der Waals surface area contributed by atoms with Gasteiger partial charge in [-0.2, -0.15) is 4.99 Å². The molecule has 0 fully saturated rings. The van der Waals surface area contributed by atoms with Crippen LogP contribution < -0.4 is 0 Å². The third kappa shape index (κ3) is 4.55. The largest absolute Gasteiger partial charge is 0.463 e. The van der Waals surface area contributed by atoms with Crippen molar-refractivity contribution in [2.45, 2.75) is 20.0 Å². The molecule has 0 saturated heterocycles. The molecule has 116 valence electrons. The average Bonchev–Trinajstić information content (AvgIpc) is 2.46. The first-order chi connectivity index (χ1) is 10.4. The third-order valence-electron chi connectivity index (χ3n) is 2.52. The minimum absolute atomic E-state index is 0.0336. The molecule has 0 spiro atoms. The SMILES string of the molecule is C=C(C)C(OC(=O)c1cc(N=C=O)ccc1Cl)C(=O)OCC. The van der Waals surface area contributed by atoms with Gasteiger partial charge >= 0.3 is 11.9 Å². The Morgan fingerprint density at radius 1 is 1.45 bits per heavy atom. The second-order valence-electron chi connectivity index (χ2n) is 4.25. The number of isocyanates is 1. The number of ether oxygens (including phenoxy) is 2. The molecular weight excluding hydrogens is 310 g/mol. The van der Waals surface area contributed by atoms with E-state index in [-0.39, 0.29) is 22.9 Å². The fraction of sp³-hybridized carbons (Fsp3) is 0.267. The summed E-state index contributed by atoms with van der Waals surface area (Å²) in [6.07, 6.45) is 0.121. The van der Waals surface area contributed by atoms with Crippen molar-refractivity contribution < 1.29 is 23.9 Å². The quantitative estimate of drug-likeness (QED) is 0.348. The molecule has 7 heteroatoms. The monoisotopic (exact) mass is 323 g/mol. The lowest BCUT2D eigenvalue weighted by molar-refractivity contribution is -0.151. The van der Waals surface area contributed by atoms with E-state index in [0.29, 0.717) is 5.57 Å². The summed E-state index contributed by atoms with van der Waals surface area (Å²) in [4.78, 5) is 37.5. The molecule has 1 rings (SSSR count). The molecule has 0 aliphatic heterocycles. The van der Waals surface area contributed by atoms with Gasteiger partial charge in [-0.05, 0) is 37.6 Å². The fourth-order valence-electron chi connectivity index (χ4n) is 1.53. The highest BCUT2D eigenvalue weighted by Gasteiger charge is 2.26. The van der Waals surface area contributed by atoms with E-state index >= 15 is 0 Å². The number of benzene rings is 1. The van der Waals surface area contributed by atoms with E-state index in [1.54, 1.807) is 6.92 Å². The van der Waals surface area contributed by atoms with Gasteiger partial charge in [-0.15, -0.1) is 0 Å². The van der Waals surface area contributed by atoms with Gasteiger partial charge in [0.05, 0.1) is 22.9 Å². The number of rotatable bonds is 6. The topological polar surface area (TPSA) is 82.0 Å². The van der Waals surface area contributed by atoms with Gasteiger partial charge in [-0.3, -0.25) is 0 Å². The van der Waals surface area contributed by atoms with Crippen molar-refractivity contribution in [2.24, 2.45) is 4.99 Å². The zero-order valence-corrected chi connectivity index (χ0v) is 12.8. The van der Waals surface area contributed by atoms with Gasteiger partial charge in [-0.1, -0.05) is 18.2 Å². The van der Waals surface area contributed by atoms with Crippen LogP contribution in [0, 0.1) is 0 Å². The predicted molar refractivity (Wildman–Crippen MR) is 79.9 cm³/mol. The number of esters is 2. The standard InChI is InChI=1S/C15H14ClNO5/c1-4-21-15(20)13(9(2)3)22-14(19)11-7-10(17-8-18)5-6-12(11)16/h5-7,13H,2,4H2,1,3H3. The molecule has 1 atom stereocenters. The van der Waals surface area contributed by atoms with Gasteiger partial charge in [0.2, 0.25) is 12.2 Å². The first-order valence-corrected chi connectivity index (χ1v) is 6.69. The molecule has 0 N–H and O–H groups in total.